The number of rotatable bonds is 6. The molecule has 2 heteroatoms. The van der Waals surface area contributed by atoms with Gasteiger partial charge in [0.25, 0.3) is 0 Å². The average Bonchev–Trinajstić information content (AvgIpc) is 2.35. The number of hydrogen-bond donors (Lipinski definition) is 1. The van der Waals surface area contributed by atoms with E-state index in [2.05, 4.69) is 65.4 Å². The first kappa shape index (κ1) is 16.4. The molecule has 0 aromatic heterocycles. The van der Waals surface area contributed by atoms with E-state index in [9.17, 15) is 0 Å². The van der Waals surface area contributed by atoms with Crippen LogP contribution in [0.4, 0.5) is 0 Å². The quantitative estimate of drug-likeness (QED) is 0.705. The molecular weight excluding hydrogens is 252 g/mol. The predicted octanol–water partition coefficient (Wildman–Crippen LogP) is 5.20. The first-order valence-electron chi connectivity index (χ1n) is 7.28. The Kier molecular flexibility index (Phi) is 6.25. The lowest BCUT2D eigenvalue weighted by atomic mass is 9.84. The van der Waals surface area contributed by atoms with Gasteiger partial charge >= 0.3 is 0 Å². The van der Waals surface area contributed by atoms with E-state index in [-0.39, 0.29) is 5.41 Å². The van der Waals surface area contributed by atoms with Crippen molar-refractivity contribution in [2.75, 3.05) is 12.4 Å². The zero-order valence-corrected chi connectivity index (χ0v) is 13.9. The van der Waals surface area contributed by atoms with Crippen molar-refractivity contribution < 1.29 is 4.74 Å². The molecule has 0 N–H and O–H groups in total. The molecule has 1 rings (SSSR count). The number of benzene rings is 1. The van der Waals surface area contributed by atoms with E-state index in [4.69, 9.17) is 4.74 Å². The van der Waals surface area contributed by atoms with Crippen molar-refractivity contribution in [1.82, 2.24) is 0 Å². The highest BCUT2D eigenvalue weighted by atomic mass is 32.1. The Bertz CT molecular complexity index is 393. The summed E-state index contributed by atoms with van der Waals surface area (Å²) in [6.07, 6.45) is 2.13. The van der Waals surface area contributed by atoms with Crippen LogP contribution in [0.25, 0.3) is 0 Å². The fourth-order valence-electron chi connectivity index (χ4n) is 2.09. The maximum Gasteiger partial charge on any atom is 0.122 e. The lowest BCUT2D eigenvalue weighted by Crippen LogP contribution is -2.13. The molecule has 0 aliphatic heterocycles. The molecule has 19 heavy (non-hydrogen) atoms. The fourth-order valence-corrected chi connectivity index (χ4v) is 2.48. The maximum atomic E-state index is 5.90. The summed E-state index contributed by atoms with van der Waals surface area (Å²) in [5.74, 6) is 2.45. The smallest absolute Gasteiger partial charge is 0.122 e. The summed E-state index contributed by atoms with van der Waals surface area (Å²) in [4.78, 5) is 0. The van der Waals surface area contributed by atoms with Crippen LogP contribution in [0.3, 0.4) is 0 Å². The second-order valence-electron chi connectivity index (χ2n) is 6.26. The van der Waals surface area contributed by atoms with Crippen LogP contribution in [0.15, 0.2) is 18.2 Å². The zero-order valence-electron chi connectivity index (χ0n) is 13.0. The average molecular weight is 280 g/mol. The van der Waals surface area contributed by atoms with Crippen LogP contribution in [0.5, 0.6) is 5.75 Å². The van der Waals surface area contributed by atoms with Crippen LogP contribution < -0.4 is 4.74 Å². The molecule has 0 radical (unpaired) electrons. The third-order valence-corrected chi connectivity index (χ3v) is 3.69. The number of thiol groups is 1. The molecule has 108 valence electrons. The van der Waals surface area contributed by atoms with Crippen LogP contribution >= 0.6 is 12.6 Å². The molecule has 1 atom stereocenters. The lowest BCUT2D eigenvalue weighted by Gasteiger charge is -2.23. The van der Waals surface area contributed by atoms with Crippen molar-refractivity contribution in [2.24, 2.45) is 0 Å². The second kappa shape index (κ2) is 7.23. The van der Waals surface area contributed by atoms with Gasteiger partial charge in [-0.2, -0.15) is 12.6 Å². The summed E-state index contributed by atoms with van der Waals surface area (Å²) in [6.45, 7) is 11.9. The topological polar surface area (TPSA) is 9.23 Å². The Balaban J connectivity index is 3.10. The first-order chi connectivity index (χ1) is 8.90. The highest BCUT2D eigenvalue weighted by Crippen LogP contribution is 2.34. The largest absolute Gasteiger partial charge is 0.493 e. The minimum Gasteiger partial charge on any atom is -0.493 e. The third kappa shape index (κ3) is 4.76. The van der Waals surface area contributed by atoms with Gasteiger partial charge in [0, 0.05) is 0 Å². The summed E-state index contributed by atoms with van der Waals surface area (Å²) in [7, 11) is 0. The van der Waals surface area contributed by atoms with E-state index < -0.39 is 0 Å². The van der Waals surface area contributed by atoms with E-state index in [1.165, 1.54) is 11.1 Å². The molecule has 0 aliphatic rings. The molecule has 0 saturated heterocycles. The van der Waals surface area contributed by atoms with E-state index in [0.29, 0.717) is 5.92 Å². The summed E-state index contributed by atoms with van der Waals surface area (Å²) in [5.41, 5.74) is 2.88. The van der Waals surface area contributed by atoms with Gasteiger partial charge < -0.3 is 4.74 Å². The van der Waals surface area contributed by atoms with E-state index in [0.717, 1.165) is 31.0 Å². The minimum absolute atomic E-state index is 0.179. The van der Waals surface area contributed by atoms with Gasteiger partial charge in [-0.1, -0.05) is 46.8 Å². The Morgan fingerprint density at radius 3 is 2.47 bits per heavy atom. The van der Waals surface area contributed by atoms with Gasteiger partial charge in [0.05, 0.1) is 6.61 Å². The molecule has 0 saturated carbocycles. The van der Waals surface area contributed by atoms with Crippen LogP contribution in [-0.2, 0) is 5.41 Å². The molecule has 1 aromatic rings. The summed E-state index contributed by atoms with van der Waals surface area (Å²) in [6, 6.07) is 6.65. The molecule has 0 bridgehead atoms. The molecule has 1 unspecified atom stereocenters. The summed E-state index contributed by atoms with van der Waals surface area (Å²) in [5, 5.41) is 0. The Morgan fingerprint density at radius 2 is 1.95 bits per heavy atom. The molecule has 0 spiro atoms. The van der Waals surface area contributed by atoms with E-state index in [1.54, 1.807) is 0 Å². The highest BCUT2D eigenvalue weighted by Gasteiger charge is 2.18. The van der Waals surface area contributed by atoms with Gasteiger partial charge in [-0.3, -0.25) is 0 Å². The molecule has 0 fully saturated rings. The second-order valence-corrected chi connectivity index (χ2v) is 6.71. The number of ether oxygens (including phenoxy) is 1. The fraction of sp³-hybridized carbons (Fsp3) is 0.647. The number of hydrogen-bond acceptors (Lipinski definition) is 2. The molecule has 1 nitrogen and oxygen atoms in total. The summed E-state index contributed by atoms with van der Waals surface area (Å²) < 4.78 is 5.90. The van der Waals surface area contributed by atoms with Crippen LogP contribution in [0.2, 0.25) is 0 Å². The SMILES string of the molecule is CCCOc1ccc(C(C)(C)C)cc1C(C)CCS. The van der Waals surface area contributed by atoms with Gasteiger partial charge in [-0.15, -0.1) is 0 Å². The van der Waals surface area contributed by atoms with Crippen molar-refractivity contribution >= 4 is 12.6 Å². The van der Waals surface area contributed by atoms with E-state index >= 15 is 0 Å². The highest BCUT2D eigenvalue weighted by molar-refractivity contribution is 7.80. The normalized spacial score (nSPS) is 13.4. The molecule has 0 heterocycles. The molecule has 0 aliphatic carbocycles. The Labute approximate surface area is 124 Å². The van der Waals surface area contributed by atoms with Crippen molar-refractivity contribution in [3.63, 3.8) is 0 Å². The molecule has 0 amide bonds. The third-order valence-electron chi connectivity index (χ3n) is 3.43. The zero-order chi connectivity index (χ0) is 14.5. The lowest BCUT2D eigenvalue weighted by molar-refractivity contribution is 0.312. The molecule has 1 aromatic carbocycles. The van der Waals surface area contributed by atoms with Crippen LogP contribution in [-0.4, -0.2) is 12.4 Å². The van der Waals surface area contributed by atoms with Crippen molar-refractivity contribution in [3.05, 3.63) is 29.3 Å². The van der Waals surface area contributed by atoms with Crippen LogP contribution in [0.1, 0.15) is 64.5 Å². The van der Waals surface area contributed by atoms with Gasteiger partial charge in [0.2, 0.25) is 0 Å². The standard InChI is InChI=1S/C17H28OS/c1-6-10-18-16-8-7-14(17(3,4)5)12-15(16)13(2)9-11-19/h7-8,12-13,19H,6,9-11H2,1-5H3. The Hall–Kier alpha value is -0.630. The first-order valence-corrected chi connectivity index (χ1v) is 7.91. The maximum absolute atomic E-state index is 5.90. The van der Waals surface area contributed by atoms with Gasteiger partial charge in [0.1, 0.15) is 5.75 Å². The predicted molar refractivity (Wildman–Crippen MR) is 87.8 cm³/mol. The minimum atomic E-state index is 0.179. The van der Waals surface area contributed by atoms with Gasteiger partial charge in [0.15, 0.2) is 0 Å². The van der Waals surface area contributed by atoms with E-state index in [1.807, 2.05) is 0 Å². The summed E-state index contributed by atoms with van der Waals surface area (Å²) >= 11 is 4.36. The molecular formula is C17H28OS. The van der Waals surface area contributed by atoms with Gasteiger partial charge in [-0.05, 0) is 47.1 Å². The Morgan fingerprint density at radius 1 is 1.26 bits per heavy atom. The van der Waals surface area contributed by atoms with Gasteiger partial charge in [-0.25, -0.2) is 0 Å². The van der Waals surface area contributed by atoms with Crippen molar-refractivity contribution in [3.8, 4) is 5.75 Å². The van der Waals surface area contributed by atoms with Crippen molar-refractivity contribution in [1.29, 1.82) is 0 Å². The van der Waals surface area contributed by atoms with Crippen LogP contribution in [0, 0.1) is 0 Å². The van der Waals surface area contributed by atoms with Crippen molar-refractivity contribution in [2.45, 2.75) is 58.8 Å². The monoisotopic (exact) mass is 280 g/mol.